The second-order valence-electron chi connectivity index (χ2n) is 4.64. The highest BCUT2D eigenvalue weighted by Crippen LogP contribution is 2.26. The average Bonchev–Trinajstić information content (AvgIpc) is 2.48. The molecule has 21 heavy (non-hydrogen) atoms. The van der Waals surface area contributed by atoms with Crippen LogP contribution in [0.25, 0.3) is 0 Å². The molecule has 0 bridgehead atoms. The molecule has 0 heterocycles. The number of methoxy groups -OCH3 is 1. The summed E-state index contributed by atoms with van der Waals surface area (Å²) in [7, 11) is 3.36. The average molecular weight is 369 g/mol. The van der Waals surface area contributed by atoms with Crippen LogP contribution in [0.2, 0.25) is 5.02 Å². The van der Waals surface area contributed by atoms with Crippen molar-refractivity contribution in [3.05, 3.63) is 63.1 Å². The number of benzene rings is 2. The van der Waals surface area contributed by atoms with E-state index in [1.807, 2.05) is 24.3 Å². The molecule has 0 unspecified atom stereocenters. The molecule has 0 aliphatic rings. The van der Waals surface area contributed by atoms with E-state index in [-0.39, 0.29) is 5.91 Å². The Hall–Kier alpha value is -1.52. The molecule has 0 radical (unpaired) electrons. The third kappa shape index (κ3) is 3.99. The highest BCUT2D eigenvalue weighted by molar-refractivity contribution is 9.10. The minimum Gasteiger partial charge on any atom is -0.496 e. The highest BCUT2D eigenvalue weighted by Gasteiger charge is 2.13. The fourth-order valence-corrected chi connectivity index (χ4v) is 2.62. The monoisotopic (exact) mass is 367 g/mol. The first-order valence-electron chi connectivity index (χ1n) is 6.34. The zero-order valence-corrected chi connectivity index (χ0v) is 14.1. The predicted molar refractivity (Wildman–Crippen MR) is 87.9 cm³/mol. The van der Waals surface area contributed by atoms with Gasteiger partial charge in [-0.25, -0.2) is 0 Å². The summed E-state index contributed by atoms with van der Waals surface area (Å²) in [6.45, 7) is 0.527. The first kappa shape index (κ1) is 15.9. The Labute approximate surface area is 137 Å². The van der Waals surface area contributed by atoms with Gasteiger partial charge in [-0.3, -0.25) is 4.79 Å². The van der Waals surface area contributed by atoms with Crippen LogP contribution >= 0.6 is 27.5 Å². The van der Waals surface area contributed by atoms with Crippen molar-refractivity contribution in [3.63, 3.8) is 0 Å². The summed E-state index contributed by atoms with van der Waals surface area (Å²) in [4.78, 5) is 14.1. The second-order valence-corrected chi connectivity index (χ2v) is 5.93. The Balaban J connectivity index is 2.11. The van der Waals surface area contributed by atoms with E-state index in [2.05, 4.69) is 15.9 Å². The highest BCUT2D eigenvalue weighted by atomic mass is 79.9. The van der Waals surface area contributed by atoms with E-state index in [0.29, 0.717) is 22.9 Å². The molecule has 0 aromatic heterocycles. The van der Waals surface area contributed by atoms with Crippen molar-refractivity contribution in [1.82, 2.24) is 4.90 Å². The predicted octanol–water partition coefficient (Wildman–Crippen LogP) is 4.38. The Morgan fingerprint density at radius 2 is 1.90 bits per heavy atom. The number of halogens is 2. The van der Waals surface area contributed by atoms with Gasteiger partial charge in [-0.15, -0.1) is 0 Å². The summed E-state index contributed by atoms with van der Waals surface area (Å²) in [5.74, 6) is 0.653. The first-order valence-corrected chi connectivity index (χ1v) is 7.52. The van der Waals surface area contributed by atoms with Crippen LogP contribution in [0.5, 0.6) is 5.75 Å². The lowest BCUT2D eigenvalue weighted by Crippen LogP contribution is -2.26. The maximum atomic E-state index is 12.4. The van der Waals surface area contributed by atoms with Gasteiger partial charge in [-0.1, -0.05) is 23.7 Å². The third-order valence-electron chi connectivity index (χ3n) is 3.08. The summed E-state index contributed by atoms with van der Waals surface area (Å²) in [5.41, 5.74) is 1.64. The molecule has 0 spiro atoms. The van der Waals surface area contributed by atoms with Crippen LogP contribution in [-0.2, 0) is 6.54 Å². The maximum absolute atomic E-state index is 12.4. The number of ether oxygens (including phenoxy) is 1. The van der Waals surface area contributed by atoms with Crippen molar-refractivity contribution < 1.29 is 9.53 Å². The van der Waals surface area contributed by atoms with E-state index >= 15 is 0 Å². The van der Waals surface area contributed by atoms with Gasteiger partial charge in [0.25, 0.3) is 5.91 Å². The van der Waals surface area contributed by atoms with Crippen LogP contribution in [0.3, 0.4) is 0 Å². The summed E-state index contributed by atoms with van der Waals surface area (Å²) < 4.78 is 5.92. The lowest BCUT2D eigenvalue weighted by atomic mass is 10.1. The molecule has 110 valence electrons. The normalized spacial score (nSPS) is 10.3. The first-order chi connectivity index (χ1) is 10.0. The molecule has 0 saturated carbocycles. The molecule has 0 N–H and O–H groups in total. The van der Waals surface area contributed by atoms with Crippen LogP contribution < -0.4 is 4.74 Å². The van der Waals surface area contributed by atoms with Crippen LogP contribution in [0.15, 0.2) is 46.9 Å². The summed E-state index contributed by atoms with van der Waals surface area (Å²) in [6, 6.07) is 12.8. The largest absolute Gasteiger partial charge is 0.496 e. The van der Waals surface area contributed by atoms with Crippen molar-refractivity contribution in [3.8, 4) is 5.75 Å². The van der Waals surface area contributed by atoms with Gasteiger partial charge in [0.1, 0.15) is 5.75 Å². The third-order valence-corrected chi connectivity index (χ3v) is 3.95. The number of amides is 1. The van der Waals surface area contributed by atoms with Crippen LogP contribution in [0.4, 0.5) is 0 Å². The lowest BCUT2D eigenvalue weighted by Gasteiger charge is -2.18. The summed E-state index contributed by atoms with van der Waals surface area (Å²) in [6.07, 6.45) is 0. The molecule has 1 amide bonds. The number of rotatable bonds is 4. The van der Waals surface area contributed by atoms with Gasteiger partial charge in [0.15, 0.2) is 0 Å². The number of hydrogen-bond acceptors (Lipinski definition) is 2. The molecular weight excluding hydrogens is 354 g/mol. The van der Waals surface area contributed by atoms with Gasteiger partial charge in [-0.05, 0) is 51.8 Å². The Bertz CT molecular complexity index is 643. The standard InChI is InChI=1S/C16H15BrClNO2/c1-19(10-11-3-6-13(18)7-4-11)16(20)12-5-8-15(21-2)14(17)9-12/h3-9H,10H2,1-2H3. The number of hydrogen-bond donors (Lipinski definition) is 0. The SMILES string of the molecule is COc1ccc(C(=O)N(C)Cc2ccc(Cl)cc2)cc1Br. The van der Waals surface area contributed by atoms with Gasteiger partial charge in [0.05, 0.1) is 11.6 Å². The lowest BCUT2D eigenvalue weighted by molar-refractivity contribution is 0.0785. The number of nitrogens with zero attached hydrogens (tertiary/aromatic N) is 1. The second kappa shape index (κ2) is 6.96. The molecule has 2 rings (SSSR count). The van der Waals surface area contributed by atoms with Crippen molar-refractivity contribution in [2.45, 2.75) is 6.54 Å². The van der Waals surface area contributed by atoms with E-state index in [1.165, 1.54) is 0 Å². The smallest absolute Gasteiger partial charge is 0.253 e. The molecule has 0 fully saturated rings. The van der Waals surface area contributed by atoms with Gasteiger partial charge >= 0.3 is 0 Å². The van der Waals surface area contributed by atoms with Crippen LogP contribution in [-0.4, -0.2) is 25.0 Å². The molecule has 0 aliphatic carbocycles. The number of carbonyl (C=O) groups is 1. The topological polar surface area (TPSA) is 29.5 Å². The van der Waals surface area contributed by atoms with Crippen molar-refractivity contribution in [1.29, 1.82) is 0 Å². The summed E-state index contributed by atoms with van der Waals surface area (Å²) >= 11 is 9.24. The van der Waals surface area contributed by atoms with E-state index in [9.17, 15) is 4.79 Å². The zero-order valence-electron chi connectivity index (χ0n) is 11.8. The quantitative estimate of drug-likeness (QED) is 0.801. The van der Waals surface area contributed by atoms with Gasteiger partial charge in [0.2, 0.25) is 0 Å². The van der Waals surface area contributed by atoms with Gasteiger partial charge in [0, 0.05) is 24.2 Å². The Morgan fingerprint density at radius 1 is 1.24 bits per heavy atom. The van der Waals surface area contributed by atoms with Crippen LogP contribution in [0, 0.1) is 0 Å². The fourth-order valence-electron chi connectivity index (χ4n) is 1.96. The minimum absolute atomic E-state index is 0.0479. The van der Waals surface area contributed by atoms with E-state index < -0.39 is 0 Å². The van der Waals surface area contributed by atoms with Gasteiger partial charge in [-0.2, -0.15) is 0 Å². The molecule has 2 aromatic rings. The van der Waals surface area contributed by atoms with Crippen molar-refractivity contribution in [2.75, 3.05) is 14.2 Å². The van der Waals surface area contributed by atoms with Crippen LogP contribution in [0.1, 0.15) is 15.9 Å². The van der Waals surface area contributed by atoms with Gasteiger partial charge < -0.3 is 9.64 Å². The molecule has 0 atom stereocenters. The van der Waals surface area contributed by atoms with E-state index in [0.717, 1.165) is 10.0 Å². The Kier molecular flexibility index (Phi) is 5.26. The van der Waals surface area contributed by atoms with Crippen molar-refractivity contribution in [2.24, 2.45) is 0 Å². The van der Waals surface area contributed by atoms with E-state index in [4.69, 9.17) is 16.3 Å². The molecule has 2 aromatic carbocycles. The maximum Gasteiger partial charge on any atom is 0.253 e. The molecule has 0 aliphatic heterocycles. The Morgan fingerprint density at radius 3 is 2.48 bits per heavy atom. The van der Waals surface area contributed by atoms with E-state index in [1.54, 1.807) is 37.3 Å². The zero-order chi connectivity index (χ0) is 15.4. The molecular formula is C16H15BrClNO2. The fraction of sp³-hybridized carbons (Fsp3) is 0.188. The molecule has 5 heteroatoms. The molecule has 3 nitrogen and oxygen atoms in total. The van der Waals surface area contributed by atoms with Crippen molar-refractivity contribution >= 4 is 33.4 Å². The minimum atomic E-state index is -0.0479. The molecule has 0 saturated heterocycles. The summed E-state index contributed by atoms with van der Waals surface area (Å²) in [5, 5.41) is 0.687. The number of carbonyl (C=O) groups excluding carboxylic acids is 1.